The summed E-state index contributed by atoms with van der Waals surface area (Å²) in [5, 5.41) is 0. The predicted molar refractivity (Wildman–Crippen MR) is 83.3 cm³/mol. The third kappa shape index (κ3) is 3.95. The Hall–Kier alpha value is -2.07. The minimum absolute atomic E-state index is 0.255. The Bertz CT molecular complexity index is 602. The van der Waals surface area contributed by atoms with Crippen LogP contribution in [0.25, 0.3) is 0 Å². The smallest absolute Gasteiger partial charge is 0.338 e. The Labute approximate surface area is 125 Å². The molecule has 0 aliphatic rings. The van der Waals surface area contributed by atoms with Gasteiger partial charge in [-0.05, 0) is 44.8 Å². The van der Waals surface area contributed by atoms with Crippen molar-refractivity contribution in [3.8, 4) is 0 Å². The number of benzene rings is 1. The van der Waals surface area contributed by atoms with Crippen LogP contribution >= 0.6 is 0 Å². The molecule has 4 nitrogen and oxygen atoms in total. The van der Waals surface area contributed by atoms with Crippen LogP contribution in [0.15, 0.2) is 42.6 Å². The van der Waals surface area contributed by atoms with Crippen molar-refractivity contribution < 1.29 is 9.53 Å². The molecule has 0 atom stereocenters. The maximum absolute atomic E-state index is 12.0. The first-order valence-electron chi connectivity index (χ1n) is 7.15. The first-order chi connectivity index (χ1) is 10.1. The van der Waals surface area contributed by atoms with Crippen LogP contribution in [0.1, 0.15) is 28.5 Å². The van der Waals surface area contributed by atoms with Gasteiger partial charge >= 0.3 is 5.97 Å². The van der Waals surface area contributed by atoms with Crippen LogP contribution < -0.4 is 0 Å². The van der Waals surface area contributed by atoms with Gasteiger partial charge in [0.15, 0.2) is 0 Å². The zero-order valence-corrected chi connectivity index (χ0v) is 12.9. The van der Waals surface area contributed by atoms with Gasteiger partial charge in [-0.3, -0.25) is 0 Å². The van der Waals surface area contributed by atoms with E-state index in [2.05, 4.69) is 15.5 Å². The molecule has 0 radical (unpaired) electrons. The summed E-state index contributed by atoms with van der Waals surface area (Å²) in [4.78, 5) is 14.1. The number of carbonyl (C=O) groups excluding carboxylic acids is 1. The molecule has 112 valence electrons. The van der Waals surface area contributed by atoms with E-state index in [0.717, 1.165) is 12.1 Å². The molecule has 0 aliphatic heterocycles. The van der Waals surface area contributed by atoms with Gasteiger partial charge in [-0.2, -0.15) is 0 Å². The normalized spacial score (nSPS) is 10.9. The van der Waals surface area contributed by atoms with Crippen molar-refractivity contribution in [3.05, 3.63) is 59.4 Å². The Morgan fingerprint density at radius 2 is 1.95 bits per heavy atom. The highest BCUT2D eigenvalue weighted by Crippen LogP contribution is 2.15. The van der Waals surface area contributed by atoms with Crippen molar-refractivity contribution in [2.24, 2.45) is 0 Å². The SMILES string of the molecule is CCOC(=O)c1ccccc1Cn1cccc1CN(C)C. The predicted octanol–water partition coefficient (Wildman–Crippen LogP) is 2.77. The monoisotopic (exact) mass is 286 g/mol. The topological polar surface area (TPSA) is 34.5 Å². The van der Waals surface area contributed by atoms with Gasteiger partial charge in [0.05, 0.1) is 12.2 Å². The summed E-state index contributed by atoms with van der Waals surface area (Å²) in [6.07, 6.45) is 2.04. The summed E-state index contributed by atoms with van der Waals surface area (Å²) in [5.74, 6) is -0.255. The van der Waals surface area contributed by atoms with Gasteiger partial charge in [-0.1, -0.05) is 18.2 Å². The molecule has 21 heavy (non-hydrogen) atoms. The van der Waals surface area contributed by atoms with E-state index < -0.39 is 0 Å². The fraction of sp³-hybridized carbons (Fsp3) is 0.353. The van der Waals surface area contributed by atoms with Crippen molar-refractivity contribution in [2.45, 2.75) is 20.0 Å². The minimum atomic E-state index is -0.255. The molecule has 2 aromatic rings. The minimum Gasteiger partial charge on any atom is -0.462 e. The van der Waals surface area contributed by atoms with E-state index in [0.29, 0.717) is 18.7 Å². The molecule has 0 spiro atoms. The molecule has 0 fully saturated rings. The summed E-state index contributed by atoms with van der Waals surface area (Å²) in [6, 6.07) is 11.8. The third-order valence-electron chi connectivity index (χ3n) is 3.26. The average molecular weight is 286 g/mol. The number of nitrogens with zero attached hydrogens (tertiary/aromatic N) is 2. The van der Waals surface area contributed by atoms with Crippen LogP contribution in [-0.2, 0) is 17.8 Å². The van der Waals surface area contributed by atoms with E-state index in [9.17, 15) is 4.79 Å². The van der Waals surface area contributed by atoms with Crippen molar-refractivity contribution in [3.63, 3.8) is 0 Å². The molecule has 0 unspecified atom stereocenters. The number of hydrogen-bond acceptors (Lipinski definition) is 3. The molecule has 1 heterocycles. The van der Waals surface area contributed by atoms with Gasteiger partial charge in [0.2, 0.25) is 0 Å². The van der Waals surface area contributed by atoms with E-state index >= 15 is 0 Å². The van der Waals surface area contributed by atoms with Crippen LogP contribution in [0, 0.1) is 0 Å². The molecule has 0 bridgehead atoms. The number of esters is 1. The largest absolute Gasteiger partial charge is 0.462 e. The van der Waals surface area contributed by atoms with Crippen LogP contribution in [0.5, 0.6) is 0 Å². The molecule has 1 aromatic carbocycles. The maximum Gasteiger partial charge on any atom is 0.338 e. The lowest BCUT2D eigenvalue weighted by Gasteiger charge is -2.15. The lowest BCUT2D eigenvalue weighted by atomic mass is 10.1. The zero-order chi connectivity index (χ0) is 15.2. The molecule has 4 heteroatoms. The van der Waals surface area contributed by atoms with E-state index in [1.807, 2.05) is 57.5 Å². The standard InChI is InChI=1S/C17H22N2O2/c1-4-21-17(20)16-10-6-5-8-14(16)12-19-11-7-9-15(19)13-18(2)3/h5-11H,4,12-13H2,1-3H3. The Morgan fingerprint density at radius 3 is 2.67 bits per heavy atom. The summed E-state index contributed by atoms with van der Waals surface area (Å²) in [6.45, 7) is 3.75. The van der Waals surface area contributed by atoms with E-state index in [-0.39, 0.29) is 5.97 Å². The van der Waals surface area contributed by atoms with Gasteiger partial charge < -0.3 is 14.2 Å². The fourth-order valence-electron chi connectivity index (χ4n) is 2.32. The second-order valence-electron chi connectivity index (χ2n) is 5.24. The highest BCUT2D eigenvalue weighted by molar-refractivity contribution is 5.91. The maximum atomic E-state index is 12.0. The highest BCUT2D eigenvalue weighted by atomic mass is 16.5. The molecule has 0 saturated carbocycles. The second kappa shape index (κ2) is 7.09. The van der Waals surface area contributed by atoms with Gasteiger partial charge in [0, 0.05) is 25.0 Å². The number of rotatable bonds is 6. The first-order valence-corrected chi connectivity index (χ1v) is 7.15. The van der Waals surface area contributed by atoms with Crippen LogP contribution in [0.2, 0.25) is 0 Å². The number of carbonyl (C=O) groups is 1. The van der Waals surface area contributed by atoms with E-state index in [1.165, 1.54) is 5.69 Å². The van der Waals surface area contributed by atoms with Crippen molar-refractivity contribution >= 4 is 5.97 Å². The van der Waals surface area contributed by atoms with Gasteiger partial charge in [0.25, 0.3) is 0 Å². The average Bonchev–Trinajstić information content (AvgIpc) is 2.86. The van der Waals surface area contributed by atoms with E-state index in [1.54, 1.807) is 0 Å². The van der Waals surface area contributed by atoms with E-state index in [4.69, 9.17) is 4.74 Å². The molecule has 0 N–H and O–H groups in total. The summed E-state index contributed by atoms with van der Waals surface area (Å²) in [5.41, 5.74) is 2.84. The van der Waals surface area contributed by atoms with Gasteiger partial charge in [-0.15, -0.1) is 0 Å². The van der Waals surface area contributed by atoms with Gasteiger partial charge in [0.1, 0.15) is 0 Å². The quantitative estimate of drug-likeness (QED) is 0.766. The van der Waals surface area contributed by atoms with Crippen molar-refractivity contribution in [1.82, 2.24) is 9.47 Å². The zero-order valence-electron chi connectivity index (χ0n) is 12.9. The second-order valence-corrected chi connectivity index (χ2v) is 5.24. The number of aromatic nitrogens is 1. The Morgan fingerprint density at radius 1 is 1.19 bits per heavy atom. The molecule has 2 rings (SSSR count). The molecule has 0 aliphatic carbocycles. The fourth-order valence-corrected chi connectivity index (χ4v) is 2.32. The van der Waals surface area contributed by atoms with Crippen LogP contribution in [-0.4, -0.2) is 36.1 Å². The summed E-state index contributed by atoms with van der Waals surface area (Å²) < 4.78 is 7.29. The third-order valence-corrected chi connectivity index (χ3v) is 3.26. The van der Waals surface area contributed by atoms with Crippen LogP contribution in [0.3, 0.4) is 0 Å². The first kappa shape index (κ1) is 15.3. The number of hydrogen-bond donors (Lipinski definition) is 0. The Kier molecular flexibility index (Phi) is 5.17. The molecule has 0 saturated heterocycles. The van der Waals surface area contributed by atoms with Crippen molar-refractivity contribution in [2.75, 3.05) is 20.7 Å². The molecular weight excluding hydrogens is 264 g/mol. The lowest BCUT2D eigenvalue weighted by molar-refractivity contribution is 0.0525. The molecule has 0 amide bonds. The molecule has 1 aromatic heterocycles. The van der Waals surface area contributed by atoms with Gasteiger partial charge in [-0.25, -0.2) is 4.79 Å². The summed E-state index contributed by atoms with van der Waals surface area (Å²) >= 11 is 0. The lowest BCUT2D eigenvalue weighted by Crippen LogP contribution is -2.16. The summed E-state index contributed by atoms with van der Waals surface area (Å²) in [7, 11) is 4.09. The van der Waals surface area contributed by atoms with Crippen molar-refractivity contribution in [1.29, 1.82) is 0 Å². The highest BCUT2D eigenvalue weighted by Gasteiger charge is 2.13. The Balaban J connectivity index is 2.24. The van der Waals surface area contributed by atoms with Crippen LogP contribution in [0.4, 0.5) is 0 Å². The molecular formula is C17H22N2O2. The number of ether oxygens (including phenoxy) is 1.